The molecule has 3 amide bonds. The zero-order chi connectivity index (χ0) is 22.4. The molecule has 0 aliphatic carbocycles. The maximum Gasteiger partial charge on any atom is 0.322 e. The molecular formula is C19H19ClN4O6S2. The number of hydrogen-bond acceptors (Lipinski definition) is 8. The van der Waals surface area contributed by atoms with E-state index in [0.29, 0.717) is 23.0 Å². The van der Waals surface area contributed by atoms with Crippen LogP contribution >= 0.6 is 35.9 Å². The van der Waals surface area contributed by atoms with Gasteiger partial charge in [0.1, 0.15) is 5.54 Å². The second kappa shape index (κ2) is 11.2. The van der Waals surface area contributed by atoms with Gasteiger partial charge in [0.15, 0.2) is 0 Å². The summed E-state index contributed by atoms with van der Waals surface area (Å²) < 4.78 is 0. The van der Waals surface area contributed by atoms with Crippen LogP contribution in [0.4, 0.5) is 16.2 Å². The minimum atomic E-state index is -1.08. The highest BCUT2D eigenvalue weighted by molar-refractivity contribution is 7.99. The standard InChI is InChI=1S/C19H18N4O6S2.ClH/c24-17-19(21-18(25)20-17,11-30-9-13-1-5-15(6-2-13)22(26)27)12-31-10-14-3-7-16(8-4-14)23(28)29;/h1-8H,9-12H2,(H2,20,21,24,25);1H. The number of carbonyl (C=O) groups is 2. The summed E-state index contributed by atoms with van der Waals surface area (Å²) in [6.07, 6.45) is 0. The van der Waals surface area contributed by atoms with E-state index in [2.05, 4.69) is 10.6 Å². The average molecular weight is 499 g/mol. The summed E-state index contributed by atoms with van der Waals surface area (Å²) in [6.45, 7) is 0. The van der Waals surface area contributed by atoms with Crippen LogP contribution in [0, 0.1) is 20.2 Å². The van der Waals surface area contributed by atoms with E-state index < -0.39 is 27.3 Å². The molecule has 13 heteroatoms. The van der Waals surface area contributed by atoms with Gasteiger partial charge in [0.05, 0.1) is 9.85 Å². The first-order chi connectivity index (χ1) is 14.8. The molecule has 2 N–H and O–H groups in total. The van der Waals surface area contributed by atoms with Gasteiger partial charge in [0.2, 0.25) is 0 Å². The Morgan fingerprint density at radius 1 is 0.781 bits per heavy atom. The SMILES string of the molecule is Cl.O=C1NC(=O)C(CSCc2ccc([N+](=O)[O-])cc2)(CSCc2ccc([N+](=O)[O-])cc2)N1. The molecule has 0 spiro atoms. The monoisotopic (exact) mass is 498 g/mol. The van der Waals surface area contributed by atoms with Crippen LogP contribution in [0.15, 0.2) is 48.5 Å². The van der Waals surface area contributed by atoms with Crippen LogP contribution in [0.2, 0.25) is 0 Å². The minimum Gasteiger partial charge on any atom is -0.322 e. The smallest absolute Gasteiger partial charge is 0.322 e. The van der Waals surface area contributed by atoms with Gasteiger partial charge in [-0.05, 0) is 11.1 Å². The van der Waals surface area contributed by atoms with Crippen molar-refractivity contribution >= 4 is 59.2 Å². The molecule has 1 fully saturated rings. The third-order valence-corrected chi connectivity index (χ3v) is 7.01. The van der Waals surface area contributed by atoms with Crippen molar-refractivity contribution in [2.24, 2.45) is 0 Å². The third kappa shape index (κ3) is 6.34. The lowest BCUT2D eigenvalue weighted by Crippen LogP contribution is -2.51. The zero-order valence-electron chi connectivity index (χ0n) is 16.5. The Morgan fingerprint density at radius 3 is 1.50 bits per heavy atom. The predicted molar refractivity (Wildman–Crippen MR) is 125 cm³/mol. The second-order valence-electron chi connectivity index (χ2n) is 6.82. The molecule has 3 rings (SSSR count). The van der Waals surface area contributed by atoms with Gasteiger partial charge in [0.25, 0.3) is 17.3 Å². The molecule has 0 saturated carbocycles. The molecule has 0 bridgehead atoms. The van der Waals surface area contributed by atoms with E-state index >= 15 is 0 Å². The summed E-state index contributed by atoms with van der Waals surface area (Å²) in [5.41, 5.74) is 0.683. The van der Waals surface area contributed by atoms with Crippen molar-refractivity contribution in [1.82, 2.24) is 10.6 Å². The molecule has 0 atom stereocenters. The van der Waals surface area contributed by atoms with Gasteiger partial charge in [0, 0.05) is 47.3 Å². The molecule has 1 aliphatic heterocycles. The van der Waals surface area contributed by atoms with Crippen LogP contribution in [0.3, 0.4) is 0 Å². The molecule has 2 aromatic carbocycles. The molecule has 0 unspecified atom stereocenters. The Morgan fingerprint density at radius 2 is 1.19 bits per heavy atom. The van der Waals surface area contributed by atoms with Crippen molar-refractivity contribution in [1.29, 1.82) is 0 Å². The maximum atomic E-state index is 12.5. The van der Waals surface area contributed by atoms with Gasteiger partial charge in [-0.15, -0.1) is 12.4 Å². The number of hydrogen-bond donors (Lipinski definition) is 2. The van der Waals surface area contributed by atoms with Crippen LogP contribution in [-0.2, 0) is 16.3 Å². The number of rotatable bonds is 10. The number of nitrogens with zero attached hydrogens (tertiary/aromatic N) is 2. The van der Waals surface area contributed by atoms with E-state index in [-0.39, 0.29) is 23.8 Å². The molecule has 0 radical (unpaired) electrons. The molecule has 2 aromatic rings. The maximum absolute atomic E-state index is 12.5. The Hall–Kier alpha value is -2.83. The number of benzene rings is 2. The molecule has 1 saturated heterocycles. The molecule has 1 aliphatic rings. The summed E-state index contributed by atoms with van der Waals surface area (Å²) in [6, 6.07) is 11.8. The summed E-state index contributed by atoms with van der Waals surface area (Å²) in [7, 11) is 0. The summed E-state index contributed by atoms with van der Waals surface area (Å²) in [4.78, 5) is 44.8. The number of urea groups is 1. The Kier molecular flexibility index (Phi) is 8.87. The first-order valence-electron chi connectivity index (χ1n) is 9.05. The van der Waals surface area contributed by atoms with Crippen molar-refractivity contribution in [2.45, 2.75) is 17.0 Å². The van der Waals surface area contributed by atoms with E-state index in [9.17, 15) is 29.8 Å². The van der Waals surface area contributed by atoms with Crippen LogP contribution in [0.5, 0.6) is 0 Å². The van der Waals surface area contributed by atoms with E-state index in [1.165, 1.54) is 47.8 Å². The fourth-order valence-corrected chi connectivity index (χ4v) is 5.38. The topological polar surface area (TPSA) is 144 Å². The van der Waals surface area contributed by atoms with Crippen LogP contribution in [0.1, 0.15) is 11.1 Å². The number of non-ortho nitro benzene ring substituents is 2. The third-order valence-electron chi connectivity index (χ3n) is 4.54. The lowest BCUT2D eigenvalue weighted by atomic mass is 10.1. The molecule has 1 heterocycles. The van der Waals surface area contributed by atoms with Crippen molar-refractivity contribution in [3.8, 4) is 0 Å². The Bertz CT molecular complexity index is 940. The fourth-order valence-electron chi connectivity index (χ4n) is 2.89. The second-order valence-corrected chi connectivity index (χ2v) is 8.79. The number of imide groups is 1. The van der Waals surface area contributed by atoms with Gasteiger partial charge in [-0.2, -0.15) is 23.5 Å². The Labute approximate surface area is 197 Å². The quantitative estimate of drug-likeness (QED) is 0.287. The van der Waals surface area contributed by atoms with Crippen molar-refractivity contribution in [2.75, 3.05) is 11.5 Å². The largest absolute Gasteiger partial charge is 0.322 e. The number of amides is 3. The molecule has 32 heavy (non-hydrogen) atoms. The number of thioether (sulfide) groups is 2. The predicted octanol–water partition coefficient (Wildman–Crippen LogP) is 3.67. The average Bonchev–Trinajstić information content (AvgIpc) is 3.02. The number of nitro benzene ring substituents is 2. The molecular weight excluding hydrogens is 480 g/mol. The number of nitro groups is 2. The molecule has 170 valence electrons. The highest BCUT2D eigenvalue weighted by atomic mass is 35.5. The first kappa shape index (κ1) is 25.4. The van der Waals surface area contributed by atoms with Gasteiger partial charge in [-0.25, -0.2) is 4.79 Å². The van der Waals surface area contributed by atoms with E-state index in [1.54, 1.807) is 24.3 Å². The van der Waals surface area contributed by atoms with Gasteiger partial charge in [-0.3, -0.25) is 30.3 Å². The van der Waals surface area contributed by atoms with Crippen LogP contribution in [-0.4, -0.2) is 38.8 Å². The highest BCUT2D eigenvalue weighted by Crippen LogP contribution is 2.27. The van der Waals surface area contributed by atoms with E-state index in [0.717, 1.165) is 11.1 Å². The number of halogens is 1. The summed E-state index contributed by atoms with van der Waals surface area (Å²) in [5, 5.41) is 26.5. The van der Waals surface area contributed by atoms with E-state index in [4.69, 9.17) is 0 Å². The first-order valence-corrected chi connectivity index (χ1v) is 11.4. The van der Waals surface area contributed by atoms with Crippen LogP contribution in [0.25, 0.3) is 0 Å². The zero-order valence-corrected chi connectivity index (χ0v) is 19.0. The van der Waals surface area contributed by atoms with Crippen molar-refractivity contribution in [3.05, 3.63) is 79.9 Å². The van der Waals surface area contributed by atoms with Gasteiger partial charge < -0.3 is 5.32 Å². The van der Waals surface area contributed by atoms with Gasteiger partial charge >= 0.3 is 6.03 Å². The fraction of sp³-hybridized carbons (Fsp3) is 0.263. The van der Waals surface area contributed by atoms with Crippen molar-refractivity contribution < 1.29 is 19.4 Å². The van der Waals surface area contributed by atoms with E-state index in [1.807, 2.05) is 0 Å². The normalized spacial score (nSPS) is 14.2. The van der Waals surface area contributed by atoms with Crippen molar-refractivity contribution in [3.63, 3.8) is 0 Å². The lowest BCUT2D eigenvalue weighted by molar-refractivity contribution is -0.385. The number of nitrogens with one attached hydrogen (secondary N) is 2. The summed E-state index contributed by atoms with van der Waals surface area (Å²) in [5.74, 6) is 1.31. The molecule has 0 aromatic heterocycles. The number of carbonyl (C=O) groups excluding carboxylic acids is 2. The highest BCUT2D eigenvalue weighted by Gasteiger charge is 2.45. The van der Waals surface area contributed by atoms with Gasteiger partial charge in [-0.1, -0.05) is 24.3 Å². The summed E-state index contributed by atoms with van der Waals surface area (Å²) >= 11 is 2.88. The minimum absolute atomic E-state index is 0. The van der Waals surface area contributed by atoms with Crippen LogP contribution < -0.4 is 10.6 Å². The Balaban J connectivity index is 0.00000363. The lowest BCUT2D eigenvalue weighted by Gasteiger charge is -2.25. The molecule has 10 nitrogen and oxygen atoms in total.